The minimum absolute atomic E-state index is 0.260. The number of thioether (sulfide) groups is 1. The Labute approximate surface area is 126 Å². The molecule has 3 heterocycles. The number of carbonyl (C=O) groups is 1. The summed E-state index contributed by atoms with van der Waals surface area (Å²) in [5.41, 5.74) is 0. The fourth-order valence-corrected chi connectivity index (χ4v) is 4.93. The zero-order valence-electron chi connectivity index (χ0n) is 12.4. The number of rotatable bonds is 3. The highest BCUT2D eigenvalue weighted by atomic mass is 32.2. The zero-order valence-corrected chi connectivity index (χ0v) is 13.2. The van der Waals surface area contributed by atoms with Gasteiger partial charge in [-0.3, -0.25) is 4.79 Å². The highest BCUT2D eigenvalue weighted by Crippen LogP contribution is 2.26. The van der Waals surface area contributed by atoms with Crippen molar-refractivity contribution in [3.8, 4) is 0 Å². The Morgan fingerprint density at radius 1 is 1.20 bits per heavy atom. The molecule has 3 fully saturated rings. The molecule has 0 aromatic carbocycles. The maximum atomic E-state index is 12.6. The molecule has 114 valence electrons. The first kappa shape index (κ1) is 14.7. The maximum absolute atomic E-state index is 12.6. The van der Waals surface area contributed by atoms with Crippen molar-refractivity contribution in [3.63, 3.8) is 0 Å². The third-order valence-electron chi connectivity index (χ3n) is 4.82. The first-order chi connectivity index (χ1) is 9.83. The Morgan fingerprint density at radius 2 is 2.05 bits per heavy atom. The van der Waals surface area contributed by atoms with Crippen molar-refractivity contribution in [1.29, 1.82) is 0 Å². The van der Waals surface area contributed by atoms with Crippen LogP contribution in [0.4, 0.5) is 0 Å². The summed E-state index contributed by atoms with van der Waals surface area (Å²) >= 11 is 2.09. The molecule has 0 radical (unpaired) electrons. The minimum atomic E-state index is 0.260. The molecule has 0 spiro atoms. The van der Waals surface area contributed by atoms with Gasteiger partial charge in [-0.1, -0.05) is 0 Å². The number of nitrogens with zero attached hydrogens (tertiary/aromatic N) is 2. The first-order valence-electron chi connectivity index (χ1n) is 8.12. The Balaban J connectivity index is 1.50. The fourth-order valence-electron chi connectivity index (χ4n) is 3.66. The summed E-state index contributed by atoms with van der Waals surface area (Å²) in [5.74, 6) is 4.20. The predicted octanol–water partition coefficient (Wildman–Crippen LogP) is 0.883. The topological polar surface area (TPSA) is 35.6 Å². The summed E-state index contributed by atoms with van der Waals surface area (Å²) in [6, 6.07) is 0. The average Bonchev–Trinajstić information content (AvgIpc) is 3.01. The van der Waals surface area contributed by atoms with E-state index in [1.807, 2.05) is 0 Å². The van der Waals surface area contributed by atoms with E-state index in [0.717, 1.165) is 45.1 Å². The molecular formula is C15H27N3OS. The van der Waals surface area contributed by atoms with Gasteiger partial charge >= 0.3 is 0 Å². The van der Waals surface area contributed by atoms with E-state index in [2.05, 4.69) is 26.9 Å². The Bertz CT molecular complexity index is 327. The summed E-state index contributed by atoms with van der Waals surface area (Å²) in [4.78, 5) is 17.2. The first-order valence-corrected chi connectivity index (χ1v) is 9.28. The molecule has 2 unspecified atom stereocenters. The molecule has 0 bridgehead atoms. The normalized spacial score (nSPS) is 32.5. The predicted molar refractivity (Wildman–Crippen MR) is 84.0 cm³/mol. The number of nitrogens with one attached hydrogen (secondary N) is 1. The largest absolute Gasteiger partial charge is 0.340 e. The standard InChI is InChI=1S/C15H27N3OS/c19-15(18-7-4-16-5-8-18)14-2-1-6-17(11-14)10-13-3-9-20-12-13/h13-14,16H,1-12H2. The molecule has 3 aliphatic rings. The van der Waals surface area contributed by atoms with Gasteiger partial charge in [0, 0.05) is 39.3 Å². The average molecular weight is 297 g/mol. The molecule has 1 amide bonds. The van der Waals surface area contributed by atoms with E-state index < -0.39 is 0 Å². The van der Waals surface area contributed by atoms with E-state index in [-0.39, 0.29) is 5.92 Å². The van der Waals surface area contributed by atoms with Crippen molar-refractivity contribution in [2.45, 2.75) is 19.3 Å². The van der Waals surface area contributed by atoms with Gasteiger partial charge in [0.1, 0.15) is 0 Å². The molecule has 0 aromatic rings. The molecule has 3 saturated heterocycles. The second kappa shape index (κ2) is 7.14. The van der Waals surface area contributed by atoms with Crippen molar-refractivity contribution < 1.29 is 4.79 Å². The van der Waals surface area contributed by atoms with E-state index in [1.54, 1.807) is 0 Å². The molecule has 20 heavy (non-hydrogen) atoms. The summed E-state index contributed by atoms with van der Waals surface area (Å²) in [5, 5.41) is 3.32. The van der Waals surface area contributed by atoms with Crippen LogP contribution in [0, 0.1) is 11.8 Å². The Morgan fingerprint density at radius 3 is 2.80 bits per heavy atom. The highest BCUT2D eigenvalue weighted by molar-refractivity contribution is 7.99. The molecule has 0 aliphatic carbocycles. The number of carbonyl (C=O) groups excluding carboxylic acids is 1. The van der Waals surface area contributed by atoms with Crippen molar-refractivity contribution in [3.05, 3.63) is 0 Å². The van der Waals surface area contributed by atoms with Crippen molar-refractivity contribution in [2.75, 3.05) is 57.3 Å². The lowest BCUT2D eigenvalue weighted by atomic mass is 9.95. The summed E-state index contributed by atoms with van der Waals surface area (Å²) < 4.78 is 0. The Hall–Kier alpha value is -0.260. The summed E-state index contributed by atoms with van der Waals surface area (Å²) in [7, 11) is 0. The van der Waals surface area contributed by atoms with Crippen LogP contribution in [0.1, 0.15) is 19.3 Å². The second-order valence-electron chi connectivity index (χ2n) is 6.40. The van der Waals surface area contributed by atoms with Gasteiger partial charge in [0.15, 0.2) is 0 Å². The van der Waals surface area contributed by atoms with E-state index in [0.29, 0.717) is 5.91 Å². The number of hydrogen-bond donors (Lipinski definition) is 1. The van der Waals surface area contributed by atoms with Gasteiger partial charge in [-0.15, -0.1) is 0 Å². The molecule has 3 rings (SSSR count). The van der Waals surface area contributed by atoms with Gasteiger partial charge in [0.25, 0.3) is 0 Å². The SMILES string of the molecule is O=C(C1CCCN(CC2CCSC2)C1)N1CCNCC1. The van der Waals surface area contributed by atoms with E-state index in [1.165, 1.54) is 37.4 Å². The van der Waals surface area contributed by atoms with Gasteiger partial charge in [0.05, 0.1) is 5.92 Å². The van der Waals surface area contributed by atoms with Crippen molar-refractivity contribution >= 4 is 17.7 Å². The maximum Gasteiger partial charge on any atom is 0.227 e. The Kier molecular flexibility index (Phi) is 5.24. The lowest BCUT2D eigenvalue weighted by Crippen LogP contribution is -2.51. The van der Waals surface area contributed by atoms with E-state index >= 15 is 0 Å². The summed E-state index contributed by atoms with van der Waals surface area (Å²) in [6.45, 7) is 7.14. The van der Waals surface area contributed by atoms with Crippen LogP contribution in [-0.2, 0) is 4.79 Å². The monoisotopic (exact) mass is 297 g/mol. The van der Waals surface area contributed by atoms with Crippen LogP contribution in [0.15, 0.2) is 0 Å². The van der Waals surface area contributed by atoms with Crippen molar-refractivity contribution in [2.24, 2.45) is 11.8 Å². The molecule has 0 aromatic heterocycles. The van der Waals surface area contributed by atoms with Gasteiger partial charge in [0.2, 0.25) is 5.91 Å². The van der Waals surface area contributed by atoms with Gasteiger partial charge in [-0.2, -0.15) is 11.8 Å². The molecule has 1 N–H and O–H groups in total. The molecule has 0 saturated carbocycles. The highest BCUT2D eigenvalue weighted by Gasteiger charge is 2.31. The van der Waals surface area contributed by atoms with Gasteiger partial charge < -0.3 is 15.1 Å². The van der Waals surface area contributed by atoms with Gasteiger partial charge in [-0.25, -0.2) is 0 Å². The number of hydrogen-bond acceptors (Lipinski definition) is 4. The summed E-state index contributed by atoms with van der Waals surface area (Å²) in [6.07, 6.45) is 3.67. The molecule has 5 heteroatoms. The third kappa shape index (κ3) is 3.68. The zero-order chi connectivity index (χ0) is 13.8. The smallest absolute Gasteiger partial charge is 0.227 e. The number of likely N-dealkylation sites (tertiary alicyclic amines) is 1. The molecule has 3 aliphatic heterocycles. The van der Waals surface area contributed by atoms with Crippen LogP contribution in [0.25, 0.3) is 0 Å². The molecule has 4 nitrogen and oxygen atoms in total. The third-order valence-corrected chi connectivity index (χ3v) is 6.06. The lowest BCUT2D eigenvalue weighted by Gasteiger charge is -2.37. The number of piperazine rings is 1. The lowest BCUT2D eigenvalue weighted by molar-refractivity contribution is -0.138. The van der Waals surface area contributed by atoms with Crippen LogP contribution >= 0.6 is 11.8 Å². The van der Waals surface area contributed by atoms with Crippen molar-refractivity contribution in [1.82, 2.24) is 15.1 Å². The molecule has 2 atom stereocenters. The van der Waals surface area contributed by atoms with Crippen LogP contribution in [0.2, 0.25) is 0 Å². The quantitative estimate of drug-likeness (QED) is 0.839. The van der Waals surface area contributed by atoms with Crippen LogP contribution < -0.4 is 5.32 Å². The van der Waals surface area contributed by atoms with Gasteiger partial charge in [-0.05, 0) is 43.2 Å². The van der Waals surface area contributed by atoms with Crippen LogP contribution in [0.5, 0.6) is 0 Å². The molecular weight excluding hydrogens is 270 g/mol. The minimum Gasteiger partial charge on any atom is -0.340 e. The number of amides is 1. The fraction of sp³-hybridized carbons (Fsp3) is 0.933. The van der Waals surface area contributed by atoms with Crippen LogP contribution in [-0.4, -0.2) is 73.0 Å². The van der Waals surface area contributed by atoms with E-state index in [4.69, 9.17) is 0 Å². The van der Waals surface area contributed by atoms with Crippen LogP contribution in [0.3, 0.4) is 0 Å². The second-order valence-corrected chi connectivity index (χ2v) is 7.55. The number of piperidine rings is 1. The van der Waals surface area contributed by atoms with E-state index in [9.17, 15) is 4.79 Å².